The van der Waals surface area contributed by atoms with Crippen LogP contribution in [0.1, 0.15) is 5.56 Å². The highest BCUT2D eigenvalue weighted by Gasteiger charge is 2.11. The minimum atomic E-state index is -0.395. The molecule has 0 unspecified atom stereocenters. The Morgan fingerprint density at radius 1 is 1.25 bits per heavy atom. The molecule has 0 saturated carbocycles. The number of methoxy groups -OCH3 is 1. The van der Waals surface area contributed by atoms with Gasteiger partial charge in [0.05, 0.1) is 19.2 Å². The third kappa shape index (κ3) is 2.18. The second-order valence-electron chi connectivity index (χ2n) is 4.38. The van der Waals surface area contributed by atoms with Gasteiger partial charge < -0.3 is 9.15 Å². The molecule has 0 aliphatic carbocycles. The van der Waals surface area contributed by atoms with Gasteiger partial charge in [-0.05, 0) is 30.3 Å². The SMILES string of the molecule is COc1ccc(Cl)cc1Cn1c(=O)oc2ccccc21. The van der Waals surface area contributed by atoms with Crippen LogP contribution >= 0.6 is 11.6 Å². The first-order valence-electron chi connectivity index (χ1n) is 6.10. The van der Waals surface area contributed by atoms with E-state index in [1.165, 1.54) is 0 Å². The molecule has 1 aromatic heterocycles. The van der Waals surface area contributed by atoms with E-state index in [4.69, 9.17) is 20.8 Å². The van der Waals surface area contributed by atoms with Crippen molar-refractivity contribution in [1.29, 1.82) is 0 Å². The standard InChI is InChI=1S/C15H12ClNO3/c1-19-13-7-6-11(16)8-10(13)9-17-12-4-2-3-5-14(12)20-15(17)18/h2-8H,9H2,1H3. The molecule has 0 atom stereocenters. The van der Waals surface area contributed by atoms with Crippen molar-refractivity contribution in [1.82, 2.24) is 4.57 Å². The number of ether oxygens (including phenoxy) is 1. The van der Waals surface area contributed by atoms with Crippen molar-refractivity contribution in [3.8, 4) is 5.75 Å². The first-order valence-corrected chi connectivity index (χ1v) is 6.47. The van der Waals surface area contributed by atoms with Gasteiger partial charge in [0.15, 0.2) is 5.58 Å². The summed E-state index contributed by atoms with van der Waals surface area (Å²) in [7, 11) is 1.59. The number of rotatable bonds is 3. The third-order valence-corrected chi connectivity index (χ3v) is 3.38. The molecule has 0 bridgehead atoms. The quantitative estimate of drug-likeness (QED) is 0.743. The number of aromatic nitrogens is 1. The molecule has 3 rings (SSSR count). The van der Waals surface area contributed by atoms with Gasteiger partial charge in [0.2, 0.25) is 0 Å². The van der Waals surface area contributed by atoms with Crippen LogP contribution in [-0.2, 0) is 6.54 Å². The lowest BCUT2D eigenvalue weighted by Crippen LogP contribution is -2.15. The Morgan fingerprint density at radius 3 is 2.85 bits per heavy atom. The van der Waals surface area contributed by atoms with Gasteiger partial charge >= 0.3 is 5.76 Å². The molecular formula is C15H12ClNO3. The molecule has 102 valence electrons. The molecule has 0 saturated heterocycles. The van der Waals surface area contributed by atoms with Crippen LogP contribution in [0.15, 0.2) is 51.7 Å². The van der Waals surface area contributed by atoms with Crippen LogP contribution in [-0.4, -0.2) is 11.7 Å². The average Bonchev–Trinajstić information content (AvgIpc) is 2.76. The van der Waals surface area contributed by atoms with Gasteiger partial charge in [-0.2, -0.15) is 0 Å². The smallest absolute Gasteiger partial charge is 0.420 e. The van der Waals surface area contributed by atoms with Crippen molar-refractivity contribution in [2.24, 2.45) is 0 Å². The first-order chi connectivity index (χ1) is 9.69. The molecule has 2 aromatic carbocycles. The maximum absolute atomic E-state index is 12.0. The van der Waals surface area contributed by atoms with E-state index in [9.17, 15) is 4.79 Å². The molecule has 0 N–H and O–H groups in total. The van der Waals surface area contributed by atoms with E-state index in [2.05, 4.69) is 0 Å². The Hall–Kier alpha value is -2.20. The van der Waals surface area contributed by atoms with E-state index >= 15 is 0 Å². The largest absolute Gasteiger partial charge is 0.496 e. The molecule has 5 heteroatoms. The number of hydrogen-bond donors (Lipinski definition) is 0. The number of oxazole rings is 1. The molecule has 0 spiro atoms. The van der Waals surface area contributed by atoms with E-state index in [1.54, 1.807) is 35.9 Å². The average molecular weight is 290 g/mol. The topological polar surface area (TPSA) is 44.4 Å². The molecule has 20 heavy (non-hydrogen) atoms. The molecule has 1 heterocycles. The molecule has 4 nitrogen and oxygen atoms in total. The Kier molecular flexibility index (Phi) is 3.24. The zero-order valence-corrected chi connectivity index (χ0v) is 11.6. The maximum Gasteiger partial charge on any atom is 0.420 e. The lowest BCUT2D eigenvalue weighted by molar-refractivity contribution is 0.407. The second kappa shape index (κ2) is 5.06. The normalized spacial score (nSPS) is 10.9. The van der Waals surface area contributed by atoms with E-state index in [1.807, 2.05) is 18.2 Å². The van der Waals surface area contributed by atoms with Crippen LogP contribution in [0.5, 0.6) is 5.75 Å². The molecule has 0 radical (unpaired) electrons. The summed E-state index contributed by atoms with van der Waals surface area (Å²) in [5.74, 6) is 0.291. The highest BCUT2D eigenvalue weighted by molar-refractivity contribution is 6.30. The number of halogens is 1. The summed E-state index contributed by atoms with van der Waals surface area (Å²) in [5.41, 5.74) is 2.15. The summed E-state index contributed by atoms with van der Waals surface area (Å²) in [5, 5.41) is 0.599. The molecule has 0 aliphatic heterocycles. The van der Waals surface area contributed by atoms with Crippen molar-refractivity contribution >= 4 is 22.7 Å². The van der Waals surface area contributed by atoms with Crippen molar-refractivity contribution in [2.45, 2.75) is 6.54 Å². The maximum atomic E-state index is 12.0. The summed E-state index contributed by atoms with van der Waals surface area (Å²) in [6.07, 6.45) is 0. The van der Waals surface area contributed by atoms with Crippen LogP contribution < -0.4 is 10.5 Å². The van der Waals surface area contributed by atoms with Crippen molar-refractivity contribution in [2.75, 3.05) is 7.11 Å². The van der Waals surface area contributed by atoms with Crippen molar-refractivity contribution in [3.05, 3.63) is 63.6 Å². The highest BCUT2D eigenvalue weighted by atomic mass is 35.5. The zero-order chi connectivity index (χ0) is 14.1. The number of nitrogens with zero attached hydrogens (tertiary/aromatic N) is 1. The summed E-state index contributed by atoms with van der Waals surface area (Å²) in [6.45, 7) is 0.347. The van der Waals surface area contributed by atoms with Crippen molar-refractivity contribution in [3.63, 3.8) is 0 Å². The highest BCUT2D eigenvalue weighted by Crippen LogP contribution is 2.24. The van der Waals surface area contributed by atoms with Gasteiger partial charge in [-0.3, -0.25) is 4.57 Å². The van der Waals surface area contributed by atoms with Crippen LogP contribution in [0.25, 0.3) is 11.1 Å². The van der Waals surface area contributed by atoms with Gasteiger partial charge in [0, 0.05) is 10.6 Å². The summed E-state index contributed by atoms with van der Waals surface area (Å²) in [6, 6.07) is 12.6. The molecular weight excluding hydrogens is 278 g/mol. The fourth-order valence-electron chi connectivity index (χ4n) is 2.20. The number of benzene rings is 2. The number of para-hydroxylation sites is 2. The third-order valence-electron chi connectivity index (χ3n) is 3.14. The van der Waals surface area contributed by atoms with Crippen LogP contribution in [0.4, 0.5) is 0 Å². The van der Waals surface area contributed by atoms with Crippen LogP contribution in [0.3, 0.4) is 0 Å². The molecule has 0 aliphatic rings. The Morgan fingerprint density at radius 2 is 2.05 bits per heavy atom. The summed E-state index contributed by atoms with van der Waals surface area (Å²) < 4.78 is 12.1. The van der Waals surface area contributed by atoms with E-state index in [0.29, 0.717) is 22.9 Å². The fraction of sp³-hybridized carbons (Fsp3) is 0.133. The van der Waals surface area contributed by atoms with Gasteiger partial charge in [-0.25, -0.2) is 4.79 Å². The summed E-state index contributed by atoms with van der Waals surface area (Å²) in [4.78, 5) is 12.0. The Balaban J connectivity index is 2.12. The molecule has 0 fully saturated rings. The Bertz CT molecular complexity index is 819. The number of hydrogen-bond acceptors (Lipinski definition) is 3. The van der Waals surface area contributed by atoms with E-state index < -0.39 is 5.76 Å². The van der Waals surface area contributed by atoms with Gasteiger partial charge in [0.1, 0.15) is 5.75 Å². The second-order valence-corrected chi connectivity index (χ2v) is 4.81. The summed E-state index contributed by atoms with van der Waals surface area (Å²) >= 11 is 6.01. The van der Waals surface area contributed by atoms with Gasteiger partial charge in [-0.1, -0.05) is 23.7 Å². The predicted molar refractivity (Wildman–Crippen MR) is 77.6 cm³/mol. The van der Waals surface area contributed by atoms with E-state index in [-0.39, 0.29) is 0 Å². The first kappa shape index (κ1) is 12.8. The fourth-order valence-corrected chi connectivity index (χ4v) is 2.40. The minimum absolute atomic E-state index is 0.347. The number of fused-ring (bicyclic) bond motifs is 1. The monoisotopic (exact) mass is 289 g/mol. The zero-order valence-electron chi connectivity index (χ0n) is 10.8. The van der Waals surface area contributed by atoms with Crippen LogP contribution in [0, 0.1) is 0 Å². The minimum Gasteiger partial charge on any atom is -0.496 e. The lowest BCUT2D eigenvalue weighted by atomic mass is 10.2. The lowest BCUT2D eigenvalue weighted by Gasteiger charge is -2.09. The van der Waals surface area contributed by atoms with Crippen LogP contribution in [0.2, 0.25) is 5.02 Å². The van der Waals surface area contributed by atoms with Crippen molar-refractivity contribution < 1.29 is 9.15 Å². The van der Waals surface area contributed by atoms with E-state index in [0.717, 1.165) is 11.1 Å². The molecule has 0 amide bonds. The van der Waals surface area contributed by atoms with Gasteiger partial charge in [0.25, 0.3) is 0 Å². The van der Waals surface area contributed by atoms with Gasteiger partial charge in [-0.15, -0.1) is 0 Å². The molecule has 3 aromatic rings. The Labute approximate surface area is 120 Å². The predicted octanol–water partition coefficient (Wildman–Crippen LogP) is 3.30.